The van der Waals surface area contributed by atoms with E-state index in [2.05, 4.69) is 27.4 Å². The molecule has 0 aromatic carbocycles. The van der Waals surface area contributed by atoms with Gasteiger partial charge >= 0.3 is 0 Å². The Morgan fingerprint density at radius 3 is 3.04 bits per heavy atom. The van der Waals surface area contributed by atoms with E-state index in [1.165, 1.54) is 16.0 Å². The van der Waals surface area contributed by atoms with Crippen LogP contribution in [-0.2, 0) is 35.6 Å². The van der Waals surface area contributed by atoms with Crippen LogP contribution in [0.2, 0.25) is 0 Å². The first kappa shape index (κ1) is 17.1. The number of thiophene rings is 1. The van der Waals surface area contributed by atoms with Crippen LogP contribution in [0.5, 0.6) is 0 Å². The summed E-state index contributed by atoms with van der Waals surface area (Å²) in [4.78, 5) is 21.4. The molecule has 3 rings (SSSR count). The minimum absolute atomic E-state index is 0.0186. The number of likely N-dealkylation sites (N-methyl/N-ethyl adjacent to an activating group) is 1. The quantitative estimate of drug-likeness (QED) is 0.806. The fraction of sp³-hybridized carbons (Fsp3) is 0.444. The van der Waals surface area contributed by atoms with Crippen molar-refractivity contribution in [2.45, 2.75) is 26.1 Å². The number of hydrogen-bond acceptors (Lipinski definition) is 5. The van der Waals surface area contributed by atoms with Crippen LogP contribution < -0.4 is 0 Å². The van der Waals surface area contributed by atoms with E-state index >= 15 is 0 Å². The molecule has 128 valence electrons. The lowest BCUT2D eigenvalue weighted by Crippen LogP contribution is -2.31. The van der Waals surface area contributed by atoms with Crippen molar-refractivity contribution < 1.29 is 9.53 Å². The third-order valence-electron chi connectivity index (χ3n) is 4.25. The van der Waals surface area contributed by atoms with Gasteiger partial charge in [-0.1, -0.05) is 6.07 Å². The highest BCUT2D eigenvalue weighted by molar-refractivity contribution is 7.09. The van der Waals surface area contributed by atoms with E-state index in [9.17, 15) is 4.79 Å². The fourth-order valence-corrected chi connectivity index (χ4v) is 3.63. The number of hydrogen-bond donors (Lipinski definition) is 0. The summed E-state index contributed by atoms with van der Waals surface area (Å²) in [6.07, 6.45) is 4.84. The molecule has 0 atom stereocenters. The van der Waals surface area contributed by atoms with Gasteiger partial charge in [0.1, 0.15) is 6.61 Å². The number of amides is 1. The zero-order chi connectivity index (χ0) is 16.9. The molecular weight excluding hydrogens is 322 g/mol. The van der Waals surface area contributed by atoms with Gasteiger partial charge in [-0.05, 0) is 34.6 Å². The standard InChI is InChI=1S/C18H23N3O2S/c1-20(2)18(22)13-23-12-15-9-19-8-14-10-21(6-5-17(14)15)11-16-4-3-7-24-16/h3-4,7-9H,5-6,10-13H2,1-2H3. The van der Waals surface area contributed by atoms with Crippen LogP contribution in [0.3, 0.4) is 0 Å². The number of rotatable bonds is 6. The molecule has 2 aromatic rings. The average Bonchev–Trinajstić information content (AvgIpc) is 3.07. The molecule has 0 N–H and O–H groups in total. The highest BCUT2D eigenvalue weighted by atomic mass is 32.1. The lowest BCUT2D eigenvalue weighted by Gasteiger charge is -2.29. The SMILES string of the molecule is CN(C)C(=O)COCc1cncc2c1CCN(Cc1cccs1)C2. The minimum atomic E-state index is -0.0186. The van der Waals surface area contributed by atoms with Gasteiger partial charge < -0.3 is 9.64 Å². The maximum Gasteiger partial charge on any atom is 0.248 e. The van der Waals surface area contributed by atoms with Crippen LogP contribution in [0.15, 0.2) is 29.9 Å². The molecule has 0 fully saturated rings. The van der Waals surface area contributed by atoms with Gasteiger partial charge in [0.25, 0.3) is 0 Å². The minimum Gasteiger partial charge on any atom is -0.367 e. The van der Waals surface area contributed by atoms with Crippen molar-refractivity contribution in [1.29, 1.82) is 0 Å². The normalized spacial score (nSPS) is 14.4. The monoisotopic (exact) mass is 345 g/mol. The van der Waals surface area contributed by atoms with Crippen molar-refractivity contribution in [1.82, 2.24) is 14.8 Å². The first-order chi connectivity index (χ1) is 11.6. The topological polar surface area (TPSA) is 45.7 Å². The molecule has 0 spiro atoms. The Bertz CT molecular complexity index is 686. The fourth-order valence-electron chi connectivity index (χ4n) is 2.89. The Kier molecular flexibility index (Phi) is 5.60. The summed E-state index contributed by atoms with van der Waals surface area (Å²) < 4.78 is 5.58. The maximum atomic E-state index is 11.6. The van der Waals surface area contributed by atoms with Gasteiger partial charge in [0, 0.05) is 51.0 Å². The van der Waals surface area contributed by atoms with E-state index in [1.54, 1.807) is 30.3 Å². The highest BCUT2D eigenvalue weighted by Gasteiger charge is 2.19. The number of aromatic nitrogens is 1. The number of nitrogens with zero attached hydrogens (tertiary/aromatic N) is 3. The molecule has 5 nitrogen and oxygen atoms in total. The van der Waals surface area contributed by atoms with Gasteiger partial charge in [0.15, 0.2) is 0 Å². The molecule has 0 saturated heterocycles. The van der Waals surface area contributed by atoms with Crippen LogP contribution in [0.25, 0.3) is 0 Å². The van der Waals surface area contributed by atoms with Crippen molar-refractivity contribution >= 4 is 17.2 Å². The predicted molar refractivity (Wildman–Crippen MR) is 94.7 cm³/mol. The lowest BCUT2D eigenvalue weighted by molar-refractivity contribution is -0.133. The number of pyridine rings is 1. The molecular formula is C18H23N3O2S. The van der Waals surface area contributed by atoms with Gasteiger partial charge in [-0.2, -0.15) is 0 Å². The smallest absolute Gasteiger partial charge is 0.248 e. The third kappa shape index (κ3) is 4.20. The van der Waals surface area contributed by atoms with Crippen LogP contribution >= 0.6 is 11.3 Å². The van der Waals surface area contributed by atoms with Crippen molar-refractivity contribution in [3.05, 3.63) is 51.5 Å². The largest absolute Gasteiger partial charge is 0.367 e. The number of fused-ring (bicyclic) bond motifs is 1. The second-order valence-corrected chi connectivity index (χ2v) is 7.29. The zero-order valence-electron chi connectivity index (χ0n) is 14.2. The highest BCUT2D eigenvalue weighted by Crippen LogP contribution is 2.24. The second-order valence-electron chi connectivity index (χ2n) is 6.26. The van der Waals surface area contributed by atoms with Crippen molar-refractivity contribution in [3.63, 3.8) is 0 Å². The Hall–Kier alpha value is -1.76. The molecule has 3 heterocycles. The zero-order valence-corrected chi connectivity index (χ0v) is 15.0. The van der Waals surface area contributed by atoms with Gasteiger partial charge in [-0.3, -0.25) is 14.7 Å². The first-order valence-electron chi connectivity index (χ1n) is 8.10. The lowest BCUT2D eigenvalue weighted by atomic mass is 9.97. The molecule has 0 aliphatic carbocycles. The summed E-state index contributed by atoms with van der Waals surface area (Å²) in [6, 6.07) is 4.29. The van der Waals surface area contributed by atoms with Crippen LogP contribution in [0.4, 0.5) is 0 Å². The van der Waals surface area contributed by atoms with Crippen molar-refractivity contribution in [2.24, 2.45) is 0 Å². The molecule has 2 aromatic heterocycles. The molecule has 24 heavy (non-hydrogen) atoms. The Morgan fingerprint density at radius 2 is 2.29 bits per heavy atom. The van der Waals surface area contributed by atoms with Gasteiger partial charge in [-0.15, -0.1) is 11.3 Å². The Labute approximate surface area is 146 Å². The van der Waals surface area contributed by atoms with Crippen LogP contribution in [0.1, 0.15) is 21.6 Å². The predicted octanol–water partition coefficient (Wildman–Crippen LogP) is 2.31. The molecule has 0 saturated carbocycles. The molecule has 0 bridgehead atoms. The average molecular weight is 345 g/mol. The molecule has 1 aliphatic rings. The molecule has 0 unspecified atom stereocenters. The van der Waals surface area contributed by atoms with Crippen molar-refractivity contribution in [2.75, 3.05) is 27.2 Å². The summed E-state index contributed by atoms with van der Waals surface area (Å²) in [5, 5.41) is 2.12. The van der Waals surface area contributed by atoms with Gasteiger partial charge in [0.2, 0.25) is 5.91 Å². The third-order valence-corrected chi connectivity index (χ3v) is 5.11. The molecule has 0 radical (unpaired) electrons. The summed E-state index contributed by atoms with van der Waals surface area (Å²) in [5.74, 6) is -0.0186. The maximum absolute atomic E-state index is 11.6. The van der Waals surface area contributed by atoms with E-state index in [0.29, 0.717) is 6.61 Å². The van der Waals surface area contributed by atoms with Crippen LogP contribution in [-0.4, -0.2) is 47.9 Å². The second kappa shape index (κ2) is 7.88. The van der Waals surface area contributed by atoms with Crippen LogP contribution in [0, 0.1) is 0 Å². The number of carbonyl (C=O) groups excluding carboxylic acids is 1. The van der Waals surface area contributed by atoms with Gasteiger partial charge in [0.05, 0.1) is 6.61 Å². The van der Waals surface area contributed by atoms with E-state index in [4.69, 9.17) is 4.74 Å². The molecule has 6 heteroatoms. The van der Waals surface area contributed by atoms with E-state index in [-0.39, 0.29) is 12.5 Å². The van der Waals surface area contributed by atoms with E-state index in [0.717, 1.165) is 31.6 Å². The van der Waals surface area contributed by atoms with E-state index in [1.807, 2.05) is 12.4 Å². The van der Waals surface area contributed by atoms with E-state index < -0.39 is 0 Å². The molecule has 1 amide bonds. The Morgan fingerprint density at radius 1 is 1.42 bits per heavy atom. The summed E-state index contributed by atoms with van der Waals surface area (Å²) in [7, 11) is 3.47. The van der Waals surface area contributed by atoms with Gasteiger partial charge in [-0.25, -0.2) is 0 Å². The first-order valence-corrected chi connectivity index (χ1v) is 8.98. The summed E-state index contributed by atoms with van der Waals surface area (Å²) in [5.41, 5.74) is 3.72. The summed E-state index contributed by atoms with van der Waals surface area (Å²) in [6.45, 7) is 3.51. The van der Waals surface area contributed by atoms with Crippen molar-refractivity contribution in [3.8, 4) is 0 Å². The molecule has 1 aliphatic heterocycles. The number of ether oxygens (including phenoxy) is 1. The Balaban J connectivity index is 1.60. The summed E-state index contributed by atoms with van der Waals surface area (Å²) >= 11 is 1.80. The number of carbonyl (C=O) groups is 1.